The summed E-state index contributed by atoms with van der Waals surface area (Å²) in [5, 5.41) is 0. The molecular formula is C13H18N2O2. The van der Waals surface area contributed by atoms with E-state index in [0.717, 1.165) is 18.4 Å². The number of aromatic nitrogens is 2. The molecule has 0 amide bonds. The second-order valence-corrected chi connectivity index (χ2v) is 5.38. The predicted molar refractivity (Wildman–Crippen MR) is 65.5 cm³/mol. The van der Waals surface area contributed by atoms with Crippen molar-refractivity contribution in [2.45, 2.75) is 57.5 Å². The number of rotatable bonds is 1. The Morgan fingerprint density at radius 1 is 1.18 bits per heavy atom. The largest absolute Gasteiger partial charge is 0.331 e. The summed E-state index contributed by atoms with van der Waals surface area (Å²) >= 11 is 0. The first-order chi connectivity index (χ1) is 8.18. The number of fused-ring (bicyclic) bond motifs is 2. The van der Waals surface area contributed by atoms with E-state index in [4.69, 9.17) is 0 Å². The van der Waals surface area contributed by atoms with Crippen LogP contribution in [0.3, 0.4) is 0 Å². The van der Waals surface area contributed by atoms with E-state index >= 15 is 0 Å². The van der Waals surface area contributed by atoms with E-state index in [1.807, 2.05) is 17.7 Å². The van der Waals surface area contributed by atoms with Gasteiger partial charge in [-0.25, -0.2) is 4.79 Å². The SMILES string of the molecule is CC1Cn2c(=O)c1cn(C1CCCCC1)c2=O. The summed E-state index contributed by atoms with van der Waals surface area (Å²) < 4.78 is 3.23. The third-order valence-electron chi connectivity index (χ3n) is 4.18. The van der Waals surface area contributed by atoms with Gasteiger partial charge in [-0.2, -0.15) is 0 Å². The molecule has 1 aliphatic heterocycles. The van der Waals surface area contributed by atoms with Crippen LogP contribution < -0.4 is 11.2 Å². The number of hydrogen-bond acceptors (Lipinski definition) is 2. The van der Waals surface area contributed by atoms with Gasteiger partial charge in [-0.05, 0) is 12.8 Å². The monoisotopic (exact) mass is 234 g/mol. The third-order valence-corrected chi connectivity index (χ3v) is 4.18. The lowest BCUT2D eigenvalue weighted by Gasteiger charge is -2.23. The lowest BCUT2D eigenvalue weighted by Crippen LogP contribution is -2.38. The van der Waals surface area contributed by atoms with Gasteiger partial charge in [-0.3, -0.25) is 13.9 Å². The fourth-order valence-corrected chi connectivity index (χ4v) is 3.13. The van der Waals surface area contributed by atoms with E-state index < -0.39 is 0 Å². The highest BCUT2D eigenvalue weighted by Gasteiger charge is 2.27. The molecule has 1 saturated carbocycles. The second kappa shape index (κ2) is 3.86. The minimum atomic E-state index is -0.102. The molecule has 92 valence electrons. The second-order valence-electron chi connectivity index (χ2n) is 5.38. The topological polar surface area (TPSA) is 44.0 Å². The van der Waals surface area contributed by atoms with E-state index in [0.29, 0.717) is 12.6 Å². The fraction of sp³-hybridized carbons (Fsp3) is 0.692. The summed E-state index contributed by atoms with van der Waals surface area (Å²) in [6.07, 6.45) is 7.64. The molecule has 1 fully saturated rings. The first-order valence-electron chi connectivity index (χ1n) is 6.54. The average Bonchev–Trinajstić information content (AvgIpc) is 2.54. The van der Waals surface area contributed by atoms with Gasteiger partial charge in [0.15, 0.2) is 0 Å². The van der Waals surface area contributed by atoms with Crippen LogP contribution in [-0.2, 0) is 6.54 Å². The Morgan fingerprint density at radius 3 is 2.59 bits per heavy atom. The van der Waals surface area contributed by atoms with E-state index in [9.17, 15) is 9.59 Å². The van der Waals surface area contributed by atoms with Crippen LogP contribution in [0.15, 0.2) is 15.8 Å². The molecule has 17 heavy (non-hydrogen) atoms. The van der Waals surface area contributed by atoms with Gasteiger partial charge in [-0.1, -0.05) is 26.2 Å². The molecule has 0 saturated heterocycles. The summed E-state index contributed by atoms with van der Waals surface area (Å²) in [6, 6.07) is 0.312. The highest BCUT2D eigenvalue weighted by Crippen LogP contribution is 2.28. The molecule has 3 rings (SSSR count). The van der Waals surface area contributed by atoms with Gasteiger partial charge in [0.25, 0.3) is 5.56 Å². The summed E-state index contributed by atoms with van der Waals surface area (Å²) in [7, 11) is 0. The van der Waals surface area contributed by atoms with Crippen LogP contribution in [0.5, 0.6) is 0 Å². The Balaban J connectivity index is 2.10. The maximum Gasteiger partial charge on any atom is 0.331 e. The maximum absolute atomic E-state index is 12.2. The van der Waals surface area contributed by atoms with Crippen LogP contribution in [0, 0.1) is 0 Å². The lowest BCUT2D eigenvalue weighted by atomic mass is 9.95. The summed E-state index contributed by atoms with van der Waals surface area (Å²) in [4.78, 5) is 24.1. The van der Waals surface area contributed by atoms with Gasteiger partial charge >= 0.3 is 5.69 Å². The Labute approximate surface area is 99.9 Å². The number of nitrogens with zero attached hydrogens (tertiary/aromatic N) is 2. The Bertz CT molecular complexity index is 550. The summed E-state index contributed by atoms with van der Waals surface area (Å²) in [5.74, 6) is 0.194. The standard InChI is InChI=1S/C13H18N2O2/c1-9-7-15-12(16)11(9)8-14(13(15)17)10-5-3-2-4-6-10/h8-10H,2-7H2,1H3. The minimum absolute atomic E-state index is 0.0745. The van der Waals surface area contributed by atoms with Gasteiger partial charge in [-0.15, -0.1) is 0 Å². The molecule has 1 aromatic heterocycles. The molecule has 0 spiro atoms. The van der Waals surface area contributed by atoms with Crippen LogP contribution in [0.1, 0.15) is 56.6 Å². The van der Waals surface area contributed by atoms with Gasteiger partial charge in [0.05, 0.1) is 0 Å². The third kappa shape index (κ3) is 1.58. The zero-order valence-corrected chi connectivity index (χ0v) is 10.2. The van der Waals surface area contributed by atoms with Crippen molar-refractivity contribution in [3.05, 3.63) is 32.6 Å². The molecular weight excluding hydrogens is 216 g/mol. The normalized spacial score (nSPS) is 24.2. The summed E-state index contributed by atoms with van der Waals surface area (Å²) in [5.41, 5.74) is 0.639. The van der Waals surface area contributed by atoms with Gasteiger partial charge in [0, 0.05) is 30.3 Å². The van der Waals surface area contributed by atoms with Crippen molar-refractivity contribution >= 4 is 0 Å². The van der Waals surface area contributed by atoms with Crippen molar-refractivity contribution in [3.8, 4) is 0 Å². The van der Waals surface area contributed by atoms with Crippen LogP contribution >= 0.6 is 0 Å². The van der Waals surface area contributed by atoms with E-state index in [1.165, 1.54) is 23.8 Å². The Hall–Kier alpha value is -1.32. The zero-order chi connectivity index (χ0) is 12.0. The van der Waals surface area contributed by atoms with Crippen molar-refractivity contribution in [2.75, 3.05) is 0 Å². The minimum Gasteiger partial charge on any atom is -0.297 e. The Kier molecular flexibility index (Phi) is 2.45. The maximum atomic E-state index is 12.2. The number of hydrogen-bond donors (Lipinski definition) is 0. The molecule has 0 N–H and O–H groups in total. The summed E-state index contributed by atoms with van der Waals surface area (Å²) in [6.45, 7) is 2.58. The van der Waals surface area contributed by atoms with Crippen LogP contribution in [0.4, 0.5) is 0 Å². The van der Waals surface area contributed by atoms with Gasteiger partial charge in [0.1, 0.15) is 0 Å². The molecule has 1 unspecified atom stereocenters. The van der Waals surface area contributed by atoms with Crippen LogP contribution in [0.25, 0.3) is 0 Å². The first-order valence-corrected chi connectivity index (χ1v) is 6.54. The smallest absolute Gasteiger partial charge is 0.297 e. The first kappa shape index (κ1) is 10.8. The quantitative estimate of drug-likeness (QED) is 0.741. The average molecular weight is 234 g/mol. The molecule has 0 aromatic carbocycles. The van der Waals surface area contributed by atoms with Crippen molar-refractivity contribution in [1.29, 1.82) is 0 Å². The molecule has 2 heterocycles. The van der Waals surface area contributed by atoms with Gasteiger partial charge < -0.3 is 0 Å². The molecule has 1 atom stereocenters. The predicted octanol–water partition coefficient (Wildman–Crippen LogP) is 1.63. The molecule has 0 radical (unpaired) electrons. The van der Waals surface area contributed by atoms with E-state index in [-0.39, 0.29) is 17.2 Å². The highest BCUT2D eigenvalue weighted by atomic mass is 16.2. The van der Waals surface area contributed by atoms with Crippen LogP contribution in [0.2, 0.25) is 0 Å². The zero-order valence-electron chi connectivity index (χ0n) is 10.2. The molecule has 2 aliphatic rings. The fourth-order valence-electron chi connectivity index (χ4n) is 3.13. The molecule has 4 heteroatoms. The van der Waals surface area contributed by atoms with Crippen LogP contribution in [-0.4, -0.2) is 9.13 Å². The molecule has 1 aliphatic carbocycles. The lowest BCUT2D eigenvalue weighted by molar-refractivity contribution is 0.337. The van der Waals surface area contributed by atoms with E-state index in [2.05, 4.69) is 0 Å². The Morgan fingerprint density at radius 2 is 1.88 bits per heavy atom. The molecule has 2 bridgehead atoms. The van der Waals surface area contributed by atoms with E-state index in [1.54, 1.807) is 0 Å². The highest BCUT2D eigenvalue weighted by molar-refractivity contribution is 5.16. The molecule has 1 aromatic rings. The van der Waals surface area contributed by atoms with Crippen molar-refractivity contribution in [2.24, 2.45) is 0 Å². The van der Waals surface area contributed by atoms with Crippen molar-refractivity contribution in [3.63, 3.8) is 0 Å². The van der Waals surface area contributed by atoms with Gasteiger partial charge in [0.2, 0.25) is 0 Å². The van der Waals surface area contributed by atoms with Crippen molar-refractivity contribution < 1.29 is 0 Å². The van der Waals surface area contributed by atoms with Crippen molar-refractivity contribution in [1.82, 2.24) is 9.13 Å². The molecule has 4 nitrogen and oxygen atoms in total.